The van der Waals surface area contributed by atoms with Crippen LogP contribution in [-0.4, -0.2) is 23.8 Å². The summed E-state index contributed by atoms with van der Waals surface area (Å²) in [5.74, 6) is -2.12. The summed E-state index contributed by atoms with van der Waals surface area (Å²) in [6.45, 7) is 2.82. The second kappa shape index (κ2) is 8.02. The zero-order valence-electron chi connectivity index (χ0n) is 13.5. The highest BCUT2D eigenvalue weighted by atomic mass is 79.9. The van der Waals surface area contributed by atoms with Crippen LogP contribution in [0.2, 0.25) is 0 Å². The van der Waals surface area contributed by atoms with Gasteiger partial charge in [-0.25, -0.2) is 9.18 Å². The molecule has 2 aromatic carbocycles. The monoisotopic (exact) mass is 407 g/mol. The molecular formula is C18H15BrFNO4. The Kier molecular flexibility index (Phi) is 6.03. The van der Waals surface area contributed by atoms with Crippen molar-refractivity contribution < 1.29 is 23.5 Å². The first-order chi connectivity index (χ1) is 11.8. The quantitative estimate of drug-likeness (QED) is 0.600. The number of anilines is 1. The van der Waals surface area contributed by atoms with E-state index in [-0.39, 0.29) is 11.3 Å². The molecule has 0 saturated carbocycles. The first-order valence-electron chi connectivity index (χ1n) is 7.36. The van der Waals surface area contributed by atoms with Crippen LogP contribution in [0.1, 0.15) is 34.6 Å². The fraction of sp³-hybridized carbons (Fsp3) is 0.167. The van der Waals surface area contributed by atoms with Gasteiger partial charge >= 0.3 is 5.97 Å². The van der Waals surface area contributed by atoms with Gasteiger partial charge in [0, 0.05) is 15.7 Å². The normalized spacial score (nSPS) is 11.5. The van der Waals surface area contributed by atoms with Gasteiger partial charge in [0.2, 0.25) is 0 Å². The van der Waals surface area contributed by atoms with Gasteiger partial charge in [-0.2, -0.15) is 0 Å². The predicted molar refractivity (Wildman–Crippen MR) is 94.1 cm³/mol. The summed E-state index contributed by atoms with van der Waals surface area (Å²) in [6.07, 6.45) is -1.11. The molecule has 130 valence electrons. The highest BCUT2D eigenvalue weighted by Crippen LogP contribution is 2.19. The topological polar surface area (TPSA) is 72.5 Å². The van der Waals surface area contributed by atoms with E-state index in [2.05, 4.69) is 21.2 Å². The van der Waals surface area contributed by atoms with Crippen molar-refractivity contribution in [3.8, 4) is 0 Å². The molecule has 0 aliphatic heterocycles. The summed E-state index contributed by atoms with van der Waals surface area (Å²) < 4.78 is 18.7. The van der Waals surface area contributed by atoms with E-state index < -0.39 is 23.8 Å². The summed E-state index contributed by atoms with van der Waals surface area (Å²) in [7, 11) is 0. The molecular weight excluding hydrogens is 393 g/mol. The maximum absolute atomic E-state index is 13.3. The van der Waals surface area contributed by atoms with E-state index in [0.29, 0.717) is 15.7 Å². The number of esters is 1. The Balaban J connectivity index is 2.05. The molecule has 0 aromatic heterocycles. The van der Waals surface area contributed by atoms with Gasteiger partial charge in [-0.05, 0) is 60.1 Å². The molecule has 1 N–H and O–H groups in total. The number of amides is 1. The lowest BCUT2D eigenvalue weighted by Gasteiger charge is -2.14. The van der Waals surface area contributed by atoms with Crippen LogP contribution >= 0.6 is 15.9 Å². The number of Topliss-reactive ketones (excluding diaryl/α,β-unsaturated/α-hetero) is 1. The Morgan fingerprint density at radius 2 is 1.88 bits per heavy atom. The summed E-state index contributed by atoms with van der Waals surface area (Å²) in [5.41, 5.74) is 0.844. The van der Waals surface area contributed by atoms with E-state index in [1.807, 2.05) is 0 Å². The molecule has 0 aliphatic carbocycles. The Morgan fingerprint density at radius 3 is 2.56 bits per heavy atom. The molecule has 0 saturated heterocycles. The molecule has 0 fully saturated rings. The smallest absolute Gasteiger partial charge is 0.340 e. The van der Waals surface area contributed by atoms with Crippen LogP contribution in [0.5, 0.6) is 0 Å². The van der Waals surface area contributed by atoms with Gasteiger partial charge in [0.25, 0.3) is 5.91 Å². The van der Waals surface area contributed by atoms with E-state index in [0.717, 1.165) is 6.07 Å². The van der Waals surface area contributed by atoms with Crippen molar-refractivity contribution in [3.63, 3.8) is 0 Å². The number of ether oxygens (including phenoxy) is 1. The summed E-state index contributed by atoms with van der Waals surface area (Å²) in [6, 6.07) is 9.99. The van der Waals surface area contributed by atoms with Crippen LogP contribution in [0.15, 0.2) is 46.9 Å². The van der Waals surface area contributed by atoms with Crippen molar-refractivity contribution in [1.29, 1.82) is 0 Å². The van der Waals surface area contributed by atoms with E-state index in [1.54, 1.807) is 18.2 Å². The SMILES string of the molecule is CC(=O)c1cccc(NC(=O)[C@H](C)OC(=O)c2cc(F)ccc2Br)c1. The number of benzene rings is 2. The number of halogens is 2. The molecule has 0 radical (unpaired) electrons. The minimum Gasteiger partial charge on any atom is -0.449 e. The van der Waals surface area contributed by atoms with Crippen LogP contribution in [0.25, 0.3) is 0 Å². The fourth-order valence-corrected chi connectivity index (χ4v) is 2.40. The van der Waals surface area contributed by atoms with Gasteiger partial charge < -0.3 is 10.1 Å². The van der Waals surface area contributed by atoms with E-state index in [1.165, 1.54) is 32.0 Å². The van der Waals surface area contributed by atoms with Crippen LogP contribution in [0.3, 0.4) is 0 Å². The van der Waals surface area contributed by atoms with Gasteiger partial charge in [-0.15, -0.1) is 0 Å². The lowest BCUT2D eigenvalue weighted by Crippen LogP contribution is -2.30. The van der Waals surface area contributed by atoms with Crippen LogP contribution in [0, 0.1) is 5.82 Å². The average molecular weight is 408 g/mol. The average Bonchev–Trinajstić information content (AvgIpc) is 2.57. The van der Waals surface area contributed by atoms with Gasteiger partial charge in [0.05, 0.1) is 5.56 Å². The first kappa shape index (κ1) is 18.8. The number of hydrogen-bond donors (Lipinski definition) is 1. The number of rotatable bonds is 5. The van der Waals surface area contributed by atoms with Crippen molar-refractivity contribution in [2.75, 3.05) is 5.32 Å². The van der Waals surface area contributed by atoms with Crippen molar-refractivity contribution in [1.82, 2.24) is 0 Å². The Labute approximate surface area is 152 Å². The highest BCUT2D eigenvalue weighted by Gasteiger charge is 2.21. The van der Waals surface area contributed by atoms with Gasteiger partial charge in [-0.3, -0.25) is 9.59 Å². The van der Waals surface area contributed by atoms with Gasteiger partial charge in [0.15, 0.2) is 11.9 Å². The van der Waals surface area contributed by atoms with E-state index in [4.69, 9.17) is 4.74 Å². The molecule has 2 rings (SSSR count). The van der Waals surface area contributed by atoms with Crippen molar-refractivity contribution >= 4 is 39.3 Å². The lowest BCUT2D eigenvalue weighted by atomic mass is 10.1. The Bertz CT molecular complexity index is 838. The lowest BCUT2D eigenvalue weighted by molar-refractivity contribution is -0.123. The first-order valence-corrected chi connectivity index (χ1v) is 8.15. The minimum atomic E-state index is -1.11. The zero-order chi connectivity index (χ0) is 18.6. The summed E-state index contributed by atoms with van der Waals surface area (Å²) in [4.78, 5) is 35.6. The molecule has 1 atom stereocenters. The molecule has 2 aromatic rings. The highest BCUT2D eigenvalue weighted by molar-refractivity contribution is 9.10. The Morgan fingerprint density at radius 1 is 1.16 bits per heavy atom. The number of carbonyl (C=O) groups is 3. The second-order valence-corrected chi connectivity index (χ2v) is 6.15. The number of hydrogen-bond acceptors (Lipinski definition) is 4. The molecule has 7 heteroatoms. The minimum absolute atomic E-state index is 0.0155. The third-order valence-corrected chi connectivity index (χ3v) is 4.03. The molecule has 0 unspecified atom stereocenters. The van der Waals surface area contributed by atoms with E-state index in [9.17, 15) is 18.8 Å². The molecule has 0 heterocycles. The van der Waals surface area contributed by atoms with Crippen LogP contribution < -0.4 is 5.32 Å². The van der Waals surface area contributed by atoms with Gasteiger partial charge in [-0.1, -0.05) is 12.1 Å². The standard InChI is InChI=1S/C18H15BrFNO4/c1-10(22)12-4-3-5-14(8-12)21-17(23)11(2)25-18(24)15-9-13(20)6-7-16(15)19/h3-9,11H,1-2H3,(H,21,23)/t11-/m0/s1. The van der Waals surface area contributed by atoms with Crippen molar-refractivity contribution in [3.05, 3.63) is 63.9 Å². The zero-order valence-corrected chi connectivity index (χ0v) is 15.1. The third kappa shape index (κ3) is 4.96. The maximum atomic E-state index is 13.3. The van der Waals surface area contributed by atoms with Crippen molar-refractivity contribution in [2.45, 2.75) is 20.0 Å². The van der Waals surface area contributed by atoms with Gasteiger partial charge in [0.1, 0.15) is 5.82 Å². The number of ketones is 1. The van der Waals surface area contributed by atoms with E-state index >= 15 is 0 Å². The summed E-state index contributed by atoms with van der Waals surface area (Å²) >= 11 is 3.13. The Hall–Kier alpha value is -2.54. The molecule has 5 nitrogen and oxygen atoms in total. The fourth-order valence-electron chi connectivity index (χ4n) is 1.99. The molecule has 25 heavy (non-hydrogen) atoms. The number of carbonyl (C=O) groups excluding carboxylic acids is 3. The molecule has 0 spiro atoms. The predicted octanol–water partition coefficient (Wildman–Crippen LogP) is 3.97. The third-order valence-electron chi connectivity index (χ3n) is 3.34. The molecule has 0 aliphatic rings. The largest absolute Gasteiger partial charge is 0.449 e. The van der Waals surface area contributed by atoms with Crippen LogP contribution in [0.4, 0.5) is 10.1 Å². The number of nitrogens with one attached hydrogen (secondary N) is 1. The van der Waals surface area contributed by atoms with Crippen LogP contribution in [-0.2, 0) is 9.53 Å². The summed E-state index contributed by atoms with van der Waals surface area (Å²) in [5, 5.41) is 2.57. The second-order valence-electron chi connectivity index (χ2n) is 5.30. The maximum Gasteiger partial charge on any atom is 0.340 e. The van der Waals surface area contributed by atoms with Crippen molar-refractivity contribution in [2.24, 2.45) is 0 Å². The molecule has 0 bridgehead atoms. The molecule has 1 amide bonds.